The molecule has 0 saturated heterocycles. The van der Waals surface area contributed by atoms with E-state index in [1.807, 2.05) is 42.5 Å². The van der Waals surface area contributed by atoms with Gasteiger partial charge in [0.05, 0.1) is 19.2 Å². The predicted octanol–water partition coefficient (Wildman–Crippen LogP) is 1.84. The maximum atomic E-state index is 11.9. The molecule has 0 aliphatic carbocycles. The van der Waals surface area contributed by atoms with Crippen molar-refractivity contribution in [2.45, 2.75) is 12.3 Å². The maximum absolute atomic E-state index is 11.9. The van der Waals surface area contributed by atoms with Crippen LogP contribution in [0.25, 0.3) is 0 Å². The van der Waals surface area contributed by atoms with Crippen LogP contribution in [0.5, 0.6) is 0 Å². The van der Waals surface area contributed by atoms with Crippen molar-refractivity contribution in [2.24, 2.45) is 5.92 Å². The highest BCUT2D eigenvalue weighted by atomic mass is 16.7. The van der Waals surface area contributed by atoms with Gasteiger partial charge in [-0.2, -0.15) is 10.5 Å². The number of nitriles is 2. The molecule has 0 aliphatic rings. The maximum Gasteiger partial charge on any atom is 0.246 e. The summed E-state index contributed by atoms with van der Waals surface area (Å²) in [7, 11) is 2.89. The molecule has 0 spiro atoms. The molecule has 0 aromatic heterocycles. The Morgan fingerprint density at radius 2 is 1.89 bits per heavy atom. The van der Waals surface area contributed by atoms with Crippen molar-refractivity contribution in [1.82, 2.24) is 5.06 Å². The highest BCUT2D eigenvalue weighted by molar-refractivity contribution is 5.76. The number of nitrogens with zero attached hydrogens (tertiary/aromatic N) is 3. The lowest BCUT2D eigenvalue weighted by atomic mass is 9.85. The summed E-state index contributed by atoms with van der Waals surface area (Å²) in [6.45, 7) is 0. The Hall–Kier alpha value is -2.37. The summed E-state index contributed by atoms with van der Waals surface area (Å²) in [5, 5.41) is 19.2. The number of carbonyl (C=O) groups excluding carboxylic acids is 1. The molecule has 19 heavy (non-hydrogen) atoms. The van der Waals surface area contributed by atoms with E-state index in [4.69, 9.17) is 15.4 Å². The van der Waals surface area contributed by atoms with E-state index in [1.54, 1.807) is 0 Å². The van der Waals surface area contributed by atoms with Crippen LogP contribution in [0, 0.1) is 28.6 Å². The van der Waals surface area contributed by atoms with Crippen LogP contribution in [0.4, 0.5) is 0 Å². The first-order valence-electron chi connectivity index (χ1n) is 5.78. The molecule has 1 aromatic rings. The average Bonchev–Trinajstić information content (AvgIpc) is 2.47. The van der Waals surface area contributed by atoms with Crippen LogP contribution >= 0.6 is 0 Å². The zero-order chi connectivity index (χ0) is 14.3. The Morgan fingerprint density at radius 3 is 2.37 bits per heavy atom. The topological polar surface area (TPSA) is 77.1 Å². The summed E-state index contributed by atoms with van der Waals surface area (Å²) in [5.74, 6) is -1.59. The van der Waals surface area contributed by atoms with Crippen LogP contribution in [-0.4, -0.2) is 25.1 Å². The van der Waals surface area contributed by atoms with Crippen LogP contribution in [-0.2, 0) is 9.63 Å². The Kier molecular flexibility index (Phi) is 5.53. The van der Waals surface area contributed by atoms with Crippen LogP contribution < -0.4 is 0 Å². The second-order valence-corrected chi connectivity index (χ2v) is 4.03. The molecule has 5 heteroatoms. The van der Waals surface area contributed by atoms with Gasteiger partial charge in [0.25, 0.3) is 0 Å². The van der Waals surface area contributed by atoms with Crippen LogP contribution in [0.1, 0.15) is 17.9 Å². The van der Waals surface area contributed by atoms with Crippen molar-refractivity contribution in [3.8, 4) is 12.1 Å². The van der Waals surface area contributed by atoms with Crippen LogP contribution in [0.15, 0.2) is 30.3 Å². The monoisotopic (exact) mass is 257 g/mol. The first-order chi connectivity index (χ1) is 9.13. The van der Waals surface area contributed by atoms with Crippen molar-refractivity contribution in [3.05, 3.63) is 35.9 Å². The minimum atomic E-state index is -0.864. The number of hydroxylamine groups is 2. The number of amides is 1. The predicted molar refractivity (Wildman–Crippen MR) is 68.3 cm³/mol. The summed E-state index contributed by atoms with van der Waals surface area (Å²) >= 11 is 0. The molecule has 0 fully saturated rings. The third-order valence-electron chi connectivity index (χ3n) is 2.93. The van der Waals surface area contributed by atoms with Crippen LogP contribution in [0.2, 0.25) is 0 Å². The standard InChI is InChI=1S/C14H15N3O2/c1-17(19-2)14(18)8-13(12(9-15)10-16)11-6-4-3-5-7-11/h3-7,12-13H,8H2,1-2H3/t13-/m1/s1. The fourth-order valence-corrected chi connectivity index (χ4v) is 1.76. The normalized spacial score (nSPS) is 11.4. The van der Waals surface area contributed by atoms with E-state index in [0.29, 0.717) is 0 Å². The number of benzene rings is 1. The molecule has 1 aromatic carbocycles. The molecule has 0 bridgehead atoms. The Balaban J connectivity index is 2.99. The van der Waals surface area contributed by atoms with E-state index in [-0.39, 0.29) is 12.3 Å². The molecule has 0 unspecified atom stereocenters. The summed E-state index contributed by atoms with van der Waals surface area (Å²) < 4.78 is 0. The SMILES string of the molecule is CON(C)C(=O)C[C@H](c1ccccc1)C(C#N)C#N. The second-order valence-electron chi connectivity index (χ2n) is 4.03. The van der Waals surface area contributed by atoms with Gasteiger partial charge < -0.3 is 0 Å². The van der Waals surface area contributed by atoms with E-state index in [1.165, 1.54) is 14.2 Å². The molecule has 1 amide bonds. The zero-order valence-corrected chi connectivity index (χ0v) is 10.9. The van der Waals surface area contributed by atoms with E-state index < -0.39 is 11.8 Å². The first-order valence-corrected chi connectivity index (χ1v) is 5.78. The van der Waals surface area contributed by atoms with Crippen molar-refractivity contribution in [3.63, 3.8) is 0 Å². The van der Waals surface area contributed by atoms with Crippen LogP contribution in [0.3, 0.4) is 0 Å². The summed E-state index contributed by atoms with van der Waals surface area (Å²) in [5.41, 5.74) is 0.799. The summed E-state index contributed by atoms with van der Waals surface area (Å²) in [6.07, 6.45) is 0.0557. The molecule has 0 saturated carbocycles. The van der Waals surface area contributed by atoms with Gasteiger partial charge in [0.2, 0.25) is 5.91 Å². The minimum absolute atomic E-state index is 0.0557. The molecule has 98 valence electrons. The van der Waals surface area contributed by atoms with Gasteiger partial charge in [-0.25, -0.2) is 5.06 Å². The number of rotatable bonds is 5. The third-order valence-corrected chi connectivity index (χ3v) is 2.93. The van der Waals surface area contributed by atoms with E-state index in [9.17, 15) is 4.79 Å². The first kappa shape index (κ1) is 14.7. The lowest BCUT2D eigenvalue weighted by Crippen LogP contribution is -2.28. The highest BCUT2D eigenvalue weighted by Gasteiger charge is 2.27. The van der Waals surface area contributed by atoms with Gasteiger partial charge in [0, 0.05) is 19.4 Å². The molecule has 0 N–H and O–H groups in total. The van der Waals surface area contributed by atoms with Crippen molar-refractivity contribution < 1.29 is 9.63 Å². The fourth-order valence-electron chi connectivity index (χ4n) is 1.76. The summed E-state index contributed by atoms with van der Waals surface area (Å²) in [4.78, 5) is 16.7. The van der Waals surface area contributed by atoms with Gasteiger partial charge in [-0.1, -0.05) is 30.3 Å². The third kappa shape index (κ3) is 3.80. The number of hydrogen-bond acceptors (Lipinski definition) is 4. The molecule has 1 rings (SSSR count). The zero-order valence-electron chi connectivity index (χ0n) is 10.9. The second kappa shape index (κ2) is 7.15. The molecule has 0 aliphatic heterocycles. The Bertz CT molecular complexity index is 488. The number of hydrogen-bond donors (Lipinski definition) is 0. The quantitative estimate of drug-likeness (QED) is 0.754. The van der Waals surface area contributed by atoms with Gasteiger partial charge >= 0.3 is 0 Å². The number of carbonyl (C=O) groups is 1. The molecule has 0 heterocycles. The van der Waals surface area contributed by atoms with E-state index in [0.717, 1.165) is 10.6 Å². The highest BCUT2D eigenvalue weighted by Crippen LogP contribution is 2.28. The lowest BCUT2D eigenvalue weighted by molar-refractivity contribution is -0.169. The average molecular weight is 257 g/mol. The fraction of sp³-hybridized carbons (Fsp3) is 0.357. The smallest absolute Gasteiger partial charge is 0.246 e. The van der Waals surface area contributed by atoms with Crippen molar-refractivity contribution in [2.75, 3.05) is 14.2 Å². The minimum Gasteiger partial charge on any atom is -0.275 e. The van der Waals surface area contributed by atoms with E-state index >= 15 is 0 Å². The Labute approximate surface area is 112 Å². The molecular weight excluding hydrogens is 242 g/mol. The van der Waals surface area contributed by atoms with E-state index in [2.05, 4.69) is 0 Å². The van der Waals surface area contributed by atoms with Crippen molar-refractivity contribution >= 4 is 5.91 Å². The molecular formula is C14H15N3O2. The van der Waals surface area contributed by atoms with Gasteiger partial charge in [-0.3, -0.25) is 9.63 Å². The molecule has 0 radical (unpaired) electrons. The lowest BCUT2D eigenvalue weighted by Gasteiger charge is -2.20. The van der Waals surface area contributed by atoms with Gasteiger partial charge in [-0.15, -0.1) is 0 Å². The Morgan fingerprint density at radius 1 is 1.32 bits per heavy atom. The van der Waals surface area contributed by atoms with Gasteiger partial charge in [0.15, 0.2) is 0 Å². The molecule has 1 atom stereocenters. The van der Waals surface area contributed by atoms with Gasteiger partial charge in [-0.05, 0) is 5.56 Å². The van der Waals surface area contributed by atoms with Gasteiger partial charge in [0.1, 0.15) is 5.92 Å². The largest absolute Gasteiger partial charge is 0.275 e. The molecule has 5 nitrogen and oxygen atoms in total. The summed E-state index contributed by atoms with van der Waals surface area (Å²) in [6, 6.07) is 13.0. The van der Waals surface area contributed by atoms with Crippen molar-refractivity contribution in [1.29, 1.82) is 10.5 Å².